The van der Waals surface area contributed by atoms with E-state index in [1.807, 2.05) is 0 Å². The second kappa shape index (κ2) is 10.5. The Bertz CT molecular complexity index is 979. The summed E-state index contributed by atoms with van der Waals surface area (Å²) in [6.07, 6.45) is 0.496. The van der Waals surface area contributed by atoms with Crippen LogP contribution in [0.3, 0.4) is 0 Å². The molecule has 0 bridgehead atoms. The molecule has 2 aromatic carbocycles. The van der Waals surface area contributed by atoms with Gasteiger partial charge in [-0.2, -0.15) is 4.31 Å². The first-order valence-electron chi connectivity index (χ1n) is 9.75. The summed E-state index contributed by atoms with van der Waals surface area (Å²) in [5.74, 6) is -1.83. The molecule has 9 heteroatoms. The Morgan fingerprint density at radius 1 is 1.03 bits per heavy atom. The largest absolute Gasteiger partial charge is 0.372 e. The van der Waals surface area contributed by atoms with Crippen LogP contribution in [0, 0.1) is 11.6 Å². The molecule has 2 aromatic rings. The van der Waals surface area contributed by atoms with Gasteiger partial charge < -0.3 is 10.2 Å². The molecule has 0 aromatic heterocycles. The molecule has 0 saturated carbocycles. The third kappa shape index (κ3) is 5.54. The Balaban J connectivity index is 2.01. The number of anilines is 1. The van der Waals surface area contributed by atoms with Crippen molar-refractivity contribution in [2.24, 2.45) is 0 Å². The molecule has 0 spiro atoms. The SMILES string of the molecule is CCN(CC)S(=O)(=O)c1ccc(F)c(C(=O)NCCCN(C)c2ccccc2F)c1. The molecular weight excluding hydrogens is 412 g/mol. The van der Waals surface area contributed by atoms with Crippen LogP contribution in [0.25, 0.3) is 0 Å². The van der Waals surface area contributed by atoms with Gasteiger partial charge in [0.05, 0.1) is 16.1 Å². The van der Waals surface area contributed by atoms with Crippen molar-refractivity contribution in [1.29, 1.82) is 0 Å². The zero-order valence-corrected chi connectivity index (χ0v) is 18.2. The molecule has 2 rings (SSSR count). The van der Waals surface area contributed by atoms with Crippen LogP contribution in [0.1, 0.15) is 30.6 Å². The van der Waals surface area contributed by atoms with Gasteiger partial charge in [0.25, 0.3) is 5.91 Å². The molecule has 1 N–H and O–H groups in total. The van der Waals surface area contributed by atoms with Crippen LogP contribution >= 0.6 is 0 Å². The molecule has 6 nitrogen and oxygen atoms in total. The first-order valence-corrected chi connectivity index (χ1v) is 11.2. The summed E-state index contributed by atoms with van der Waals surface area (Å²) in [5.41, 5.74) is 0.120. The summed E-state index contributed by atoms with van der Waals surface area (Å²) < 4.78 is 54.4. The molecule has 0 aliphatic rings. The molecule has 0 saturated heterocycles. The van der Waals surface area contributed by atoms with Gasteiger partial charge in [-0.1, -0.05) is 26.0 Å². The van der Waals surface area contributed by atoms with Crippen LogP contribution in [0.4, 0.5) is 14.5 Å². The predicted molar refractivity (Wildman–Crippen MR) is 113 cm³/mol. The lowest BCUT2D eigenvalue weighted by Crippen LogP contribution is -2.31. The number of nitrogens with one attached hydrogen (secondary N) is 1. The lowest BCUT2D eigenvalue weighted by atomic mass is 10.2. The standard InChI is InChI=1S/C21H27F2N3O3S/c1-4-26(5-2)30(28,29)16-11-12-18(22)17(15-16)21(27)24-13-8-14-25(3)20-10-7-6-9-19(20)23/h6-7,9-12,15H,4-5,8,13-14H2,1-3H3,(H,24,27). The van der Waals surface area contributed by atoms with Crippen LogP contribution in [-0.2, 0) is 10.0 Å². The number of carbonyl (C=O) groups excluding carboxylic acids is 1. The van der Waals surface area contributed by atoms with Crippen LogP contribution in [0.15, 0.2) is 47.4 Å². The summed E-state index contributed by atoms with van der Waals surface area (Å²) in [5, 5.41) is 2.59. The van der Waals surface area contributed by atoms with E-state index in [0.717, 1.165) is 18.2 Å². The third-order valence-electron chi connectivity index (χ3n) is 4.75. The molecule has 164 valence electrons. The van der Waals surface area contributed by atoms with Crippen molar-refractivity contribution in [2.75, 3.05) is 38.1 Å². The van der Waals surface area contributed by atoms with Gasteiger partial charge in [-0.15, -0.1) is 0 Å². The monoisotopic (exact) mass is 439 g/mol. The fraction of sp³-hybridized carbons (Fsp3) is 0.381. The summed E-state index contributed by atoms with van der Waals surface area (Å²) in [6.45, 7) is 4.65. The van der Waals surface area contributed by atoms with Crippen molar-refractivity contribution in [3.05, 3.63) is 59.7 Å². The molecule has 0 radical (unpaired) electrons. The minimum atomic E-state index is -3.80. The Morgan fingerprint density at radius 2 is 1.70 bits per heavy atom. The van der Waals surface area contributed by atoms with Crippen LogP contribution < -0.4 is 10.2 Å². The van der Waals surface area contributed by atoms with Crippen LogP contribution in [0.2, 0.25) is 0 Å². The maximum atomic E-state index is 14.2. The van der Waals surface area contributed by atoms with E-state index in [1.54, 1.807) is 44.0 Å². The van der Waals surface area contributed by atoms with Gasteiger partial charge in [-0.05, 0) is 36.8 Å². The summed E-state index contributed by atoms with van der Waals surface area (Å²) in [4.78, 5) is 14.0. The molecule has 0 atom stereocenters. The zero-order chi connectivity index (χ0) is 22.3. The van der Waals surface area contributed by atoms with E-state index in [2.05, 4.69) is 5.32 Å². The molecule has 0 heterocycles. The Morgan fingerprint density at radius 3 is 2.33 bits per heavy atom. The van der Waals surface area contributed by atoms with Crippen molar-refractivity contribution in [3.8, 4) is 0 Å². The molecule has 0 aliphatic heterocycles. The topological polar surface area (TPSA) is 69.7 Å². The highest BCUT2D eigenvalue weighted by Crippen LogP contribution is 2.20. The van der Waals surface area contributed by atoms with Gasteiger partial charge in [0.2, 0.25) is 10.0 Å². The van der Waals surface area contributed by atoms with Crippen molar-refractivity contribution in [2.45, 2.75) is 25.2 Å². The fourth-order valence-corrected chi connectivity index (χ4v) is 4.53. The maximum absolute atomic E-state index is 14.2. The Hall–Kier alpha value is -2.52. The second-order valence-corrected chi connectivity index (χ2v) is 8.65. The molecule has 0 aliphatic carbocycles. The zero-order valence-electron chi connectivity index (χ0n) is 17.4. The van der Waals surface area contributed by atoms with Crippen molar-refractivity contribution < 1.29 is 22.0 Å². The molecule has 1 amide bonds. The Kier molecular flexibility index (Phi) is 8.31. The van der Waals surface area contributed by atoms with E-state index in [0.29, 0.717) is 18.7 Å². The molecule has 0 fully saturated rings. The van der Waals surface area contributed by atoms with Crippen LogP contribution in [0.5, 0.6) is 0 Å². The highest BCUT2D eigenvalue weighted by atomic mass is 32.2. The lowest BCUT2D eigenvalue weighted by molar-refractivity contribution is 0.0949. The van der Waals surface area contributed by atoms with Crippen LogP contribution in [-0.4, -0.2) is 51.9 Å². The van der Waals surface area contributed by atoms with Gasteiger partial charge in [0.1, 0.15) is 11.6 Å². The van der Waals surface area contributed by atoms with E-state index in [9.17, 15) is 22.0 Å². The van der Waals surface area contributed by atoms with E-state index in [-0.39, 0.29) is 35.9 Å². The molecule has 0 unspecified atom stereocenters. The number of para-hydroxylation sites is 1. The minimum absolute atomic E-state index is 0.128. The number of carbonyl (C=O) groups is 1. The average Bonchev–Trinajstić information content (AvgIpc) is 2.72. The number of halogens is 2. The quantitative estimate of drug-likeness (QED) is 0.577. The predicted octanol–water partition coefficient (Wildman–Crippen LogP) is 3.25. The van der Waals surface area contributed by atoms with E-state index < -0.39 is 21.7 Å². The number of hydrogen-bond acceptors (Lipinski definition) is 4. The number of rotatable bonds is 10. The summed E-state index contributed by atoms with van der Waals surface area (Å²) in [6, 6.07) is 9.57. The van der Waals surface area contributed by atoms with E-state index in [1.165, 1.54) is 10.4 Å². The fourth-order valence-electron chi connectivity index (χ4n) is 3.05. The average molecular weight is 440 g/mol. The van der Waals surface area contributed by atoms with Gasteiger partial charge in [-0.3, -0.25) is 4.79 Å². The summed E-state index contributed by atoms with van der Waals surface area (Å²) >= 11 is 0. The number of benzene rings is 2. The number of nitrogens with zero attached hydrogens (tertiary/aromatic N) is 2. The second-order valence-electron chi connectivity index (χ2n) is 6.71. The van der Waals surface area contributed by atoms with Crippen molar-refractivity contribution in [3.63, 3.8) is 0 Å². The smallest absolute Gasteiger partial charge is 0.254 e. The summed E-state index contributed by atoms with van der Waals surface area (Å²) in [7, 11) is -2.06. The number of amides is 1. The van der Waals surface area contributed by atoms with Crippen molar-refractivity contribution in [1.82, 2.24) is 9.62 Å². The molecule has 30 heavy (non-hydrogen) atoms. The van der Waals surface area contributed by atoms with Gasteiger partial charge in [-0.25, -0.2) is 17.2 Å². The number of sulfonamides is 1. The highest BCUT2D eigenvalue weighted by molar-refractivity contribution is 7.89. The first kappa shape index (κ1) is 23.8. The number of hydrogen-bond donors (Lipinski definition) is 1. The van der Waals surface area contributed by atoms with E-state index in [4.69, 9.17) is 0 Å². The van der Waals surface area contributed by atoms with Gasteiger partial charge in [0, 0.05) is 33.2 Å². The third-order valence-corrected chi connectivity index (χ3v) is 6.79. The van der Waals surface area contributed by atoms with Gasteiger partial charge >= 0.3 is 0 Å². The molecular formula is C21H27F2N3O3S. The highest BCUT2D eigenvalue weighted by Gasteiger charge is 2.24. The Labute approximate surface area is 176 Å². The first-order chi connectivity index (χ1) is 14.2. The lowest BCUT2D eigenvalue weighted by Gasteiger charge is -2.20. The van der Waals surface area contributed by atoms with E-state index >= 15 is 0 Å². The van der Waals surface area contributed by atoms with Gasteiger partial charge in [0.15, 0.2) is 0 Å². The van der Waals surface area contributed by atoms with Crippen molar-refractivity contribution >= 4 is 21.6 Å². The minimum Gasteiger partial charge on any atom is -0.372 e. The maximum Gasteiger partial charge on any atom is 0.254 e. The normalized spacial score (nSPS) is 11.5.